The van der Waals surface area contributed by atoms with Crippen molar-refractivity contribution < 1.29 is 9.59 Å². The van der Waals surface area contributed by atoms with E-state index in [0.29, 0.717) is 6.42 Å². The molecule has 1 heterocycles. The lowest BCUT2D eigenvalue weighted by atomic mass is 9.96. The maximum absolute atomic E-state index is 11.5. The summed E-state index contributed by atoms with van der Waals surface area (Å²) in [4.78, 5) is 24.7. The molecule has 0 bridgehead atoms. The van der Waals surface area contributed by atoms with Gasteiger partial charge in [-0.15, -0.1) is 0 Å². The lowest BCUT2D eigenvalue weighted by Gasteiger charge is -2.38. The van der Waals surface area contributed by atoms with Crippen LogP contribution in [0.2, 0.25) is 0 Å². The number of Topliss-reactive ketones (excluding diaryl/α,β-unsaturated/α-hetero) is 1. The molecule has 0 aromatic carbocycles. The number of hydrogen-bond donors (Lipinski definition) is 1. The summed E-state index contributed by atoms with van der Waals surface area (Å²) in [6, 6.07) is -0.379. The van der Waals surface area contributed by atoms with Gasteiger partial charge in [0.25, 0.3) is 0 Å². The Hall–Kier alpha value is -0.900. The van der Waals surface area contributed by atoms with Crippen molar-refractivity contribution in [1.82, 2.24) is 4.90 Å². The SMILES string of the molecule is CCC(C(N)=O)N1CCCCC1C(C)=O. The smallest absolute Gasteiger partial charge is 0.234 e. The van der Waals surface area contributed by atoms with Crippen LogP contribution in [-0.2, 0) is 9.59 Å². The highest BCUT2D eigenvalue weighted by molar-refractivity contribution is 5.84. The molecular weight excluding hydrogens is 192 g/mol. The Bertz CT molecular complexity index is 237. The lowest BCUT2D eigenvalue weighted by Crippen LogP contribution is -2.53. The molecule has 2 unspecified atom stereocenters. The number of carbonyl (C=O) groups is 2. The van der Waals surface area contributed by atoms with Gasteiger partial charge in [-0.3, -0.25) is 14.5 Å². The van der Waals surface area contributed by atoms with Crippen LogP contribution in [0.15, 0.2) is 0 Å². The molecule has 0 radical (unpaired) electrons. The summed E-state index contributed by atoms with van der Waals surface area (Å²) in [5.74, 6) is -0.167. The van der Waals surface area contributed by atoms with E-state index in [4.69, 9.17) is 5.73 Å². The van der Waals surface area contributed by atoms with Crippen molar-refractivity contribution in [1.29, 1.82) is 0 Å². The molecule has 0 aromatic rings. The minimum atomic E-state index is -0.314. The Morgan fingerprint density at radius 2 is 2.13 bits per heavy atom. The lowest BCUT2D eigenvalue weighted by molar-refractivity contribution is -0.130. The number of nitrogens with two attached hydrogens (primary N) is 1. The van der Waals surface area contributed by atoms with E-state index < -0.39 is 0 Å². The van der Waals surface area contributed by atoms with Crippen molar-refractivity contribution in [2.45, 2.75) is 51.6 Å². The van der Waals surface area contributed by atoms with E-state index in [1.165, 1.54) is 0 Å². The molecule has 2 N–H and O–H groups in total. The fraction of sp³-hybridized carbons (Fsp3) is 0.818. The second kappa shape index (κ2) is 5.26. The van der Waals surface area contributed by atoms with Crippen molar-refractivity contribution in [2.24, 2.45) is 5.73 Å². The third-order valence-corrected chi connectivity index (χ3v) is 3.13. The Morgan fingerprint density at radius 1 is 1.47 bits per heavy atom. The van der Waals surface area contributed by atoms with Gasteiger partial charge in [0.15, 0.2) is 0 Å². The number of nitrogens with zero attached hydrogens (tertiary/aromatic N) is 1. The van der Waals surface area contributed by atoms with E-state index in [0.717, 1.165) is 25.8 Å². The fourth-order valence-electron chi connectivity index (χ4n) is 2.36. The van der Waals surface area contributed by atoms with E-state index in [1.807, 2.05) is 11.8 Å². The number of hydrogen-bond acceptors (Lipinski definition) is 3. The molecular formula is C11H20N2O2. The molecule has 0 spiro atoms. The van der Waals surface area contributed by atoms with E-state index >= 15 is 0 Å². The topological polar surface area (TPSA) is 63.4 Å². The predicted octanol–water partition coefficient (Wildman–Crippen LogP) is 0.694. The maximum atomic E-state index is 11.5. The Morgan fingerprint density at radius 3 is 2.60 bits per heavy atom. The zero-order chi connectivity index (χ0) is 11.4. The monoisotopic (exact) mass is 212 g/mol. The highest BCUT2D eigenvalue weighted by Gasteiger charge is 2.33. The highest BCUT2D eigenvalue weighted by Crippen LogP contribution is 2.21. The van der Waals surface area contributed by atoms with Gasteiger partial charge >= 0.3 is 0 Å². The third-order valence-electron chi connectivity index (χ3n) is 3.13. The standard InChI is InChI=1S/C11H20N2O2/c1-3-9(11(12)15)13-7-5-4-6-10(13)8(2)14/h9-10H,3-7H2,1-2H3,(H2,12,15). The van der Waals surface area contributed by atoms with Gasteiger partial charge in [-0.05, 0) is 32.7 Å². The maximum Gasteiger partial charge on any atom is 0.234 e. The van der Waals surface area contributed by atoms with Gasteiger partial charge < -0.3 is 5.73 Å². The Balaban J connectivity index is 2.78. The second-order valence-corrected chi connectivity index (χ2v) is 4.19. The summed E-state index contributed by atoms with van der Waals surface area (Å²) in [5, 5.41) is 0. The van der Waals surface area contributed by atoms with Crippen molar-refractivity contribution in [3.8, 4) is 0 Å². The molecule has 4 heteroatoms. The van der Waals surface area contributed by atoms with Crippen LogP contribution in [0.5, 0.6) is 0 Å². The van der Waals surface area contributed by atoms with Gasteiger partial charge in [-0.25, -0.2) is 0 Å². The first-order chi connectivity index (χ1) is 7.07. The number of amides is 1. The van der Waals surface area contributed by atoms with Crippen LogP contribution in [0.25, 0.3) is 0 Å². The van der Waals surface area contributed by atoms with E-state index in [9.17, 15) is 9.59 Å². The van der Waals surface area contributed by atoms with Gasteiger partial charge in [0.2, 0.25) is 5.91 Å². The summed E-state index contributed by atoms with van der Waals surface area (Å²) in [7, 11) is 0. The molecule has 1 rings (SSSR count). The molecule has 0 aliphatic carbocycles. The summed E-state index contributed by atoms with van der Waals surface area (Å²) < 4.78 is 0. The summed E-state index contributed by atoms with van der Waals surface area (Å²) in [6.07, 6.45) is 3.65. The number of primary amides is 1. The van der Waals surface area contributed by atoms with Crippen LogP contribution in [0.4, 0.5) is 0 Å². The van der Waals surface area contributed by atoms with Gasteiger partial charge in [0, 0.05) is 0 Å². The first-order valence-corrected chi connectivity index (χ1v) is 5.63. The average Bonchev–Trinajstić information content (AvgIpc) is 2.18. The summed E-state index contributed by atoms with van der Waals surface area (Å²) in [6.45, 7) is 4.34. The van der Waals surface area contributed by atoms with Crippen molar-refractivity contribution in [3.05, 3.63) is 0 Å². The molecule has 2 atom stereocenters. The largest absolute Gasteiger partial charge is 0.368 e. The van der Waals surface area contributed by atoms with Crippen LogP contribution < -0.4 is 5.73 Å². The molecule has 1 saturated heterocycles. The van der Waals surface area contributed by atoms with E-state index in [-0.39, 0.29) is 23.8 Å². The van der Waals surface area contributed by atoms with Crippen LogP contribution in [0.3, 0.4) is 0 Å². The van der Waals surface area contributed by atoms with Crippen LogP contribution in [0.1, 0.15) is 39.5 Å². The zero-order valence-corrected chi connectivity index (χ0v) is 9.53. The number of ketones is 1. The first-order valence-electron chi connectivity index (χ1n) is 5.63. The second-order valence-electron chi connectivity index (χ2n) is 4.19. The zero-order valence-electron chi connectivity index (χ0n) is 9.53. The highest BCUT2D eigenvalue weighted by atomic mass is 16.1. The number of carbonyl (C=O) groups excluding carboxylic acids is 2. The molecule has 1 aliphatic heterocycles. The normalized spacial score (nSPS) is 24.8. The van der Waals surface area contributed by atoms with Crippen LogP contribution >= 0.6 is 0 Å². The minimum absolute atomic E-state index is 0.101. The van der Waals surface area contributed by atoms with Gasteiger partial charge in [-0.2, -0.15) is 0 Å². The van der Waals surface area contributed by atoms with Crippen LogP contribution in [-0.4, -0.2) is 35.2 Å². The van der Waals surface area contributed by atoms with Crippen molar-refractivity contribution >= 4 is 11.7 Å². The Labute approximate surface area is 90.8 Å². The number of piperidine rings is 1. The molecule has 86 valence electrons. The van der Waals surface area contributed by atoms with E-state index in [1.54, 1.807) is 6.92 Å². The molecule has 15 heavy (non-hydrogen) atoms. The molecule has 1 amide bonds. The van der Waals surface area contributed by atoms with Gasteiger partial charge in [-0.1, -0.05) is 13.3 Å². The average molecular weight is 212 g/mol. The quantitative estimate of drug-likeness (QED) is 0.746. The number of likely N-dealkylation sites (tertiary alicyclic amines) is 1. The molecule has 0 saturated carbocycles. The molecule has 1 fully saturated rings. The van der Waals surface area contributed by atoms with Crippen LogP contribution in [0, 0.1) is 0 Å². The molecule has 0 aromatic heterocycles. The molecule has 4 nitrogen and oxygen atoms in total. The van der Waals surface area contributed by atoms with Gasteiger partial charge in [0.1, 0.15) is 5.78 Å². The molecule has 1 aliphatic rings. The number of rotatable bonds is 4. The summed E-state index contributed by atoms with van der Waals surface area (Å²) >= 11 is 0. The van der Waals surface area contributed by atoms with Crippen molar-refractivity contribution in [3.63, 3.8) is 0 Å². The predicted molar refractivity (Wildman–Crippen MR) is 58.3 cm³/mol. The Kier molecular flexibility index (Phi) is 4.27. The first kappa shape index (κ1) is 12.2. The van der Waals surface area contributed by atoms with Gasteiger partial charge in [0.05, 0.1) is 12.1 Å². The summed E-state index contributed by atoms with van der Waals surface area (Å²) in [5.41, 5.74) is 5.35. The fourth-order valence-corrected chi connectivity index (χ4v) is 2.36. The minimum Gasteiger partial charge on any atom is -0.368 e. The third kappa shape index (κ3) is 2.78. The van der Waals surface area contributed by atoms with E-state index in [2.05, 4.69) is 0 Å². The van der Waals surface area contributed by atoms with Crippen molar-refractivity contribution in [2.75, 3.05) is 6.54 Å².